The summed E-state index contributed by atoms with van der Waals surface area (Å²) in [5.41, 5.74) is 7.78. The molecule has 0 spiro atoms. The first-order valence-electron chi connectivity index (χ1n) is 6.77. The van der Waals surface area contributed by atoms with Crippen LogP contribution in [0.2, 0.25) is 0 Å². The predicted octanol–water partition coefficient (Wildman–Crippen LogP) is 3.39. The third-order valence-corrected chi connectivity index (χ3v) is 4.87. The third kappa shape index (κ3) is 1.96. The number of hydrogen-bond acceptors (Lipinski definition) is 3. The summed E-state index contributed by atoms with van der Waals surface area (Å²) in [5.74, 6) is 0. The van der Waals surface area contributed by atoms with E-state index in [1.807, 2.05) is 11.3 Å². The second-order valence-corrected chi connectivity index (χ2v) is 6.03. The zero-order chi connectivity index (χ0) is 12.5. The lowest BCUT2D eigenvalue weighted by Gasteiger charge is -2.26. The minimum absolute atomic E-state index is 0.287. The molecule has 0 radical (unpaired) electrons. The minimum Gasteiger partial charge on any atom is -0.326 e. The Kier molecular flexibility index (Phi) is 3.37. The van der Waals surface area contributed by atoms with Crippen molar-refractivity contribution in [3.05, 3.63) is 35.2 Å². The van der Waals surface area contributed by atoms with Gasteiger partial charge in [-0.3, -0.25) is 4.90 Å². The van der Waals surface area contributed by atoms with Crippen LogP contribution in [0.3, 0.4) is 0 Å². The van der Waals surface area contributed by atoms with Crippen molar-refractivity contribution >= 4 is 21.4 Å². The van der Waals surface area contributed by atoms with E-state index in [0.29, 0.717) is 6.04 Å². The Morgan fingerprint density at radius 2 is 2.22 bits per heavy atom. The maximum absolute atomic E-state index is 6.34. The molecule has 1 aromatic heterocycles. The number of rotatable bonds is 3. The van der Waals surface area contributed by atoms with Gasteiger partial charge in [0.15, 0.2) is 0 Å². The molecule has 2 heterocycles. The molecule has 0 bridgehead atoms. The molecule has 2 unspecified atom stereocenters. The molecular formula is C15H20N2S. The van der Waals surface area contributed by atoms with Gasteiger partial charge in [0.05, 0.1) is 6.04 Å². The highest BCUT2D eigenvalue weighted by atomic mass is 32.1. The summed E-state index contributed by atoms with van der Waals surface area (Å²) >= 11 is 1.84. The van der Waals surface area contributed by atoms with E-state index in [1.54, 1.807) is 0 Å². The molecule has 0 amide bonds. The molecule has 2 atom stereocenters. The van der Waals surface area contributed by atoms with Crippen molar-refractivity contribution in [3.8, 4) is 0 Å². The maximum atomic E-state index is 6.34. The average molecular weight is 260 g/mol. The molecule has 3 heteroatoms. The lowest BCUT2D eigenvalue weighted by atomic mass is 10.00. The van der Waals surface area contributed by atoms with Crippen LogP contribution >= 0.6 is 11.3 Å². The standard InChI is InChI=1S/C15H20N2S/c1-2-8-17-9-7-13(16)15(17)12-10-18-14-6-4-3-5-11(12)14/h3-6,10,13,15H,2,7-9,16H2,1H3. The fourth-order valence-corrected chi connectivity index (χ4v) is 4.07. The first-order valence-corrected chi connectivity index (χ1v) is 7.65. The molecule has 0 saturated carbocycles. The molecule has 2 aromatic rings. The van der Waals surface area contributed by atoms with Crippen LogP contribution in [-0.4, -0.2) is 24.0 Å². The van der Waals surface area contributed by atoms with Crippen LogP contribution in [0, 0.1) is 0 Å². The topological polar surface area (TPSA) is 29.3 Å². The highest BCUT2D eigenvalue weighted by molar-refractivity contribution is 7.17. The highest BCUT2D eigenvalue weighted by Crippen LogP contribution is 2.38. The summed E-state index contributed by atoms with van der Waals surface area (Å²) in [4.78, 5) is 2.55. The smallest absolute Gasteiger partial charge is 0.0514 e. The Morgan fingerprint density at radius 1 is 1.39 bits per heavy atom. The number of likely N-dealkylation sites (tertiary alicyclic amines) is 1. The van der Waals surface area contributed by atoms with Gasteiger partial charge in [-0.05, 0) is 41.8 Å². The van der Waals surface area contributed by atoms with E-state index in [9.17, 15) is 0 Å². The summed E-state index contributed by atoms with van der Waals surface area (Å²) in [6, 6.07) is 9.38. The van der Waals surface area contributed by atoms with Crippen LogP contribution in [0.4, 0.5) is 0 Å². The van der Waals surface area contributed by atoms with Gasteiger partial charge >= 0.3 is 0 Å². The summed E-state index contributed by atoms with van der Waals surface area (Å²) in [6.07, 6.45) is 2.32. The molecule has 96 valence electrons. The van der Waals surface area contributed by atoms with E-state index in [0.717, 1.165) is 19.5 Å². The van der Waals surface area contributed by atoms with Crippen molar-refractivity contribution in [2.24, 2.45) is 5.73 Å². The first-order chi connectivity index (χ1) is 8.81. The third-order valence-electron chi connectivity index (χ3n) is 3.89. The lowest BCUT2D eigenvalue weighted by Crippen LogP contribution is -2.32. The molecule has 1 aliphatic rings. The van der Waals surface area contributed by atoms with Crippen molar-refractivity contribution in [2.45, 2.75) is 31.8 Å². The molecule has 1 aromatic carbocycles. The highest BCUT2D eigenvalue weighted by Gasteiger charge is 2.33. The minimum atomic E-state index is 0.287. The summed E-state index contributed by atoms with van der Waals surface area (Å²) in [6.45, 7) is 4.54. The molecule has 2 nitrogen and oxygen atoms in total. The number of nitrogens with zero attached hydrogens (tertiary/aromatic N) is 1. The van der Waals surface area contributed by atoms with Crippen molar-refractivity contribution in [1.82, 2.24) is 4.90 Å². The van der Waals surface area contributed by atoms with Crippen molar-refractivity contribution in [1.29, 1.82) is 0 Å². The van der Waals surface area contributed by atoms with Gasteiger partial charge in [-0.15, -0.1) is 11.3 Å². The Labute approximate surface area is 112 Å². The lowest BCUT2D eigenvalue weighted by molar-refractivity contribution is 0.250. The van der Waals surface area contributed by atoms with E-state index in [-0.39, 0.29) is 6.04 Å². The van der Waals surface area contributed by atoms with Gasteiger partial charge < -0.3 is 5.73 Å². The molecular weight excluding hydrogens is 240 g/mol. The SMILES string of the molecule is CCCN1CCC(N)C1c1csc2ccccc12. The number of thiophene rings is 1. The largest absolute Gasteiger partial charge is 0.326 e. The normalized spacial score (nSPS) is 25.0. The number of hydrogen-bond donors (Lipinski definition) is 1. The van der Waals surface area contributed by atoms with Crippen LogP contribution in [-0.2, 0) is 0 Å². The van der Waals surface area contributed by atoms with E-state index in [4.69, 9.17) is 5.73 Å². The molecule has 1 saturated heterocycles. The fourth-order valence-electron chi connectivity index (χ4n) is 3.08. The number of nitrogens with two attached hydrogens (primary N) is 1. The Hall–Kier alpha value is -0.900. The van der Waals surface area contributed by atoms with Crippen molar-refractivity contribution < 1.29 is 0 Å². The molecule has 18 heavy (non-hydrogen) atoms. The number of fused-ring (bicyclic) bond motifs is 1. The fraction of sp³-hybridized carbons (Fsp3) is 0.467. The van der Waals surface area contributed by atoms with Gasteiger partial charge in [-0.25, -0.2) is 0 Å². The van der Waals surface area contributed by atoms with Crippen LogP contribution in [0.25, 0.3) is 10.1 Å². The predicted molar refractivity (Wildman–Crippen MR) is 79.0 cm³/mol. The summed E-state index contributed by atoms with van der Waals surface area (Å²) < 4.78 is 1.38. The average Bonchev–Trinajstić information content (AvgIpc) is 2.94. The molecule has 1 fully saturated rings. The number of benzene rings is 1. The molecule has 3 rings (SSSR count). The van der Waals surface area contributed by atoms with Crippen LogP contribution < -0.4 is 5.73 Å². The molecule has 2 N–H and O–H groups in total. The van der Waals surface area contributed by atoms with Crippen molar-refractivity contribution in [3.63, 3.8) is 0 Å². The van der Waals surface area contributed by atoms with E-state index in [2.05, 4.69) is 41.5 Å². The van der Waals surface area contributed by atoms with E-state index >= 15 is 0 Å². The Bertz CT molecular complexity index is 532. The Balaban J connectivity index is 2.01. The van der Waals surface area contributed by atoms with Crippen LogP contribution in [0.15, 0.2) is 29.6 Å². The summed E-state index contributed by atoms with van der Waals surface area (Å²) in [5, 5.41) is 3.70. The second kappa shape index (κ2) is 5.00. The van der Waals surface area contributed by atoms with Crippen LogP contribution in [0.1, 0.15) is 31.4 Å². The van der Waals surface area contributed by atoms with Crippen molar-refractivity contribution in [2.75, 3.05) is 13.1 Å². The zero-order valence-corrected chi connectivity index (χ0v) is 11.6. The first kappa shape index (κ1) is 12.2. The monoisotopic (exact) mass is 260 g/mol. The van der Waals surface area contributed by atoms with Gasteiger partial charge in [-0.2, -0.15) is 0 Å². The zero-order valence-electron chi connectivity index (χ0n) is 10.8. The second-order valence-electron chi connectivity index (χ2n) is 5.12. The van der Waals surface area contributed by atoms with Gasteiger partial charge in [0.1, 0.15) is 0 Å². The quantitative estimate of drug-likeness (QED) is 0.916. The van der Waals surface area contributed by atoms with Gasteiger partial charge in [0.25, 0.3) is 0 Å². The molecule has 1 aliphatic heterocycles. The van der Waals surface area contributed by atoms with Gasteiger partial charge in [-0.1, -0.05) is 25.1 Å². The summed E-state index contributed by atoms with van der Waals surface area (Å²) in [7, 11) is 0. The van der Waals surface area contributed by atoms with Gasteiger partial charge in [0.2, 0.25) is 0 Å². The molecule has 0 aliphatic carbocycles. The maximum Gasteiger partial charge on any atom is 0.0514 e. The van der Waals surface area contributed by atoms with E-state index in [1.165, 1.54) is 22.1 Å². The Morgan fingerprint density at radius 3 is 3.06 bits per heavy atom. The van der Waals surface area contributed by atoms with Gasteiger partial charge in [0, 0.05) is 17.3 Å². The van der Waals surface area contributed by atoms with Crippen LogP contribution in [0.5, 0.6) is 0 Å². The van der Waals surface area contributed by atoms with E-state index < -0.39 is 0 Å².